The van der Waals surface area contributed by atoms with E-state index in [1.54, 1.807) is 12.3 Å². The molecule has 1 aromatic carbocycles. The van der Waals surface area contributed by atoms with E-state index >= 15 is 0 Å². The number of benzene rings is 1. The number of amides is 1. The molecule has 1 amide bonds. The van der Waals surface area contributed by atoms with Crippen molar-refractivity contribution in [3.05, 3.63) is 46.4 Å². The van der Waals surface area contributed by atoms with Gasteiger partial charge in [0, 0.05) is 24.8 Å². The molecule has 1 aromatic heterocycles. The lowest BCUT2D eigenvalue weighted by molar-refractivity contribution is 0.0769. The maximum atomic E-state index is 12.5. The van der Waals surface area contributed by atoms with Gasteiger partial charge in [-0.2, -0.15) is 0 Å². The third-order valence-corrected chi connectivity index (χ3v) is 3.74. The van der Waals surface area contributed by atoms with Crippen LogP contribution in [-0.2, 0) is 6.54 Å². The third-order valence-electron chi connectivity index (χ3n) is 3.56. The smallest absolute Gasteiger partial charge is 0.256 e. The van der Waals surface area contributed by atoms with Gasteiger partial charge in [-0.05, 0) is 30.2 Å². The summed E-state index contributed by atoms with van der Waals surface area (Å²) >= 11 is 5.81. The maximum Gasteiger partial charge on any atom is 0.256 e. The molecule has 22 heavy (non-hydrogen) atoms. The first-order valence-corrected chi connectivity index (χ1v) is 7.21. The SMILES string of the molecule is Cc1cnc(Cl)nc1Nc1cccc2c1C(=O)N(CCF)C2. The Kier molecular flexibility index (Phi) is 3.94. The van der Waals surface area contributed by atoms with E-state index in [2.05, 4.69) is 15.3 Å². The number of nitrogens with one attached hydrogen (secondary N) is 1. The minimum absolute atomic E-state index is 0.102. The van der Waals surface area contributed by atoms with Crippen LogP contribution in [0.25, 0.3) is 0 Å². The van der Waals surface area contributed by atoms with Crippen LogP contribution in [0.15, 0.2) is 24.4 Å². The summed E-state index contributed by atoms with van der Waals surface area (Å²) in [6.07, 6.45) is 1.61. The molecular formula is C15H14ClFN4O. The molecule has 0 saturated carbocycles. The zero-order valence-electron chi connectivity index (χ0n) is 11.9. The van der Waals surface area contributed by atoms with Gasteiger partial charge in [-0.25, -0.2) is 14.4 Å². The maximum absolute atomic E-state index is 12.5. The fourth-order valence-corrected chi connectivity index (χ4v) is 2.61. The van der Waals surface area contributed by atoms with E-state index in [1.807, 2.05) is 19.1 Å². The Morgan fingerprint density at radius 2 is 2.27 bits per heavy atom. The Hall–Kier alpha value is -2.21. The molecule has 0 aliphatic carbocycles. The van der Waals surface area contributed by atoms with Crippen LogP contribution >= 0.6 is 11.6 Å². The third kappa shape index (κ3) is 2.62. The Balaban J connectivity index is 1.96. The van der Waals surface area contributed by atoms with Crippen LogP contribution in [0.2, 0.25) is 5.28 Å². The van der Waals surface area contributed by atoms with E-state index in [0.29, 0.717) is 23.6 Å². The highest BCUT2D eigenvalue weighted by atomic mass is 35.5. The number of anilines is 2. The van der Waals surface area contributed by atoms with Gasteiger partial charge in [0.15, 0.2) is 0 Å². The topological polar surface area (TPSA) is 58.1 Å². The van der Waals surface area contributed by atoms with Gasteiger partial charge in [0.1, 0.15) is 12.5 Å². The van der Waals surface area contributed by atoms with Crippen LogP contribution in [0.1, 0.15) is 21.5 Å². The van der Waals surface area contributed by atoms with Crippen molar-refractivity contribution in [3.63, 3.8) is 0 Å². The Labute approximate surface area is 132 Å². The number of aromatic nitrogens is 2. The molecule has 0 bridgehead atoms. The molecule has 0 radical (unpaired) electrons. The van der Waals surface area contributed by atoms with Crippen molar-refractivity contribution >= 4 is 29.0 Å². The summed E-state index contributed by atoms with van der Waals surface area (Å²) in [5.74, 6) is 0.374. The molecule has 3 rings (SSSR count). The van der Waals surface area contributed by atoms with Crippen molar-refractivity contribution in [2.24, 2.45) is 0 Å². The second-order valence-corrected chi connectivity index (χ2v) is 5.39. The Morgan fingerprint density at radius 3 is 3.05 bits per heavy atom. The predicted molar refractivity (Wildman–Crippen MR) is 82.2 cm³/mol. The zero-order chi connectivity index (χ0) is 15.7. The van der Waals surface area contributed by atoms with E-state index in [0.717, 1.165) is 11.1 Å². The zero-order valence-corrected chi connectivity index (χ0v) is 12.7. The van der Waals surface area contributed by atoms with Gasteiger partial charge in [0.2, 0.25) is 5.28 Å². The molecule has 1 aliphatic heterocycles. The molecule has 0 saturated heterocycles. The largest absolute Gasteiger partial charge is 0.339 e. The second-order valence-electron chi connectivity index (χ2n) is 5.05. The average Bonchev–Trinajstić information content (AvgIpc) is 2.81. The lowest BCUT2D eigenvalue weighted by Gasteiger charge is -2.13. The van der Waals surface area contributed by atoms with Crippen LogP contribution in [-0.4, -0.2) is 34.0 Å². The van der Waals surface area contributed by atoms with E-state index in [1.165, 1.54) is 4.90 Å². The minimum atomic E-state index is -0.552. The number of fused-ring (bicyclic) bond motifs is 1. The number of aryl methyl sites for hydroxylation is 1. The number of rotatable bonds is 4. The fourth-order valence-electron chi connectivity index (χ4n) is 2.48. The van der Waals surface area contributed by atoms with E-state index in [9.17, 15) is 9.18 Å². The first-order chi connectivity index (χ1) is 10.6. The lowest BCUT2D eigenvalue weighted by Crippen LogP contribution is -2.26. The van der Waals surface area contributed by atoms with Crippen LogP contribution in [0, 0.1) is 6.92 Å². The predicted octanol–water partition coefficient (Wildman–Crippen LogP) is 3.11. The molecule has 5 nitrogen and oxygen atoms in total. The van der Waals surface area contributed by atoms with Crippen LogP contribution in [0.4, 0.5) is 15.9 Å². The Morgan fingerprint density at radius 1 is 1.45 bits per heavy atom. The molecule has 7 heteroatoms. The number of hydrogen-bond donors (Lipinski definition) is 1. The van der Waals surface area contributed by atoms with Gasteiger partial charge < -0.3 is 10.2 Å². The van der Waals surface area contributed by atoms with Gasteiger partial charge in [0.25, 0.3) is 5.91 Å². The normalized spacial score (nSPS) is 13.4. The van der Waals surface area contributed by atoms with E-state index in [4.69, 9.17) is 11.6 Å². The number of hydrogen-bond acceptors (Lipinski definition) is 4. The molecule has 1 N–H and O–H groups in total. The molecular weight excluding hydrogens is 307 g/mol. The molecule has 0 spiro atoms. The number of carbonyl (C=O) groups excluding carboxylic acids is 1. The number of nitrogens with zero attached hydrogens (tertiary/aromatic N) is 3. The number of alkyl halides is 1. The molecule has 0 atom stereocenters. The summed E-state index contributed by atoms with van der Waals surface area (Å²) in [5.41, 5.74) is 2.89. The van der Waals surface area contributed by atoms with Gasteiger partial charge in [-0.1, -0.05) is 12.1 Å². The highest BCUT2D eigenvalue weighted by molar-refractivity contribution is 6.28. The van der Waals surface area contributed by atoms with Crippen molar-refractivity contribution in [1.29, 1.82) is 0 Å². The fraction of sp³-hybridized carbons (Fsp3) is 0.267. The summed E-state index contributed by atoms with van der Waals surface area (Å²) in [6.45, 7) is 1.82. The van der Waals surface area contributed by atoms with Crippen molar-refractivity contribution < 1.29 is 9.18 Å². The first kappa shape index (κ1) is 14.7. The summed E-state index contributed by atoms with van der Waals surface area (Å²) in [5, 5.41) is 3.26. The van der Waals surface area contributed by atoms with Crippen molar-refractivity contribution in [1.82, 2.24) is 14.9 Å². The van der Waals surface area contributed by atoms with Crippen LogP contribution < -0.4 is 5.32 Å². The van der Waals surface area contributed by atoms with Gasteiger partial charge in [0.05, 0.1) is 11.3 Å². The highest BCUT2D eigenvalue weighted by Gasteiger charge is 2.29. The van der Waals surface area contributed by atoms with Crippen molar-refractivity contribution in [2.45, 2.75) is 13.5 Å². The number of carbonyl (C=O) groups is 1. The lowest BCUT2D eigenvalue weighted by atomic mass is 10.1. The molecule has 0 fully saturated rings. The molecule has 0 unspecified atom stereocenters. The summed E-state index contributed by atoms with van der Waals surface area (Å²) < 4.78 is 12.5. The number of halogens is 2. The monoisotopic (exact) mass is 320 g/mol. The summed E-state index contributed by atoms with van der Waals surface area (Å²) in [7, 11) is 0. The quantitative estimate of drug-likeness (QED) is 0.879. The van der Waals surface area contributed by atoms with E-state index < -0.39 is 6.67 Å². The minimum Gasteiger partial charge on any atom is -0.339 e. The molecule has 114 valence electrons. The molecule has 2 heterocycles. The molecule has 1 aliphatic rings. The average molecular weight is 321 g/mol. The van der Waals surface area contributed by atoms with Gasteiger partial charge in [-0.15, -0.1) is 0 Å². The standard InChI is InChI=1S/C15H14ClFN4O/c1-9-7-18-15(16)20-13(9)19-11-4-2-3-10-8-21(6-5-17)14(22)12(10)11/h2-4,7H,5-6,8H2,1H3,(H,18,19,20). The Bertz CT molecular complexity index is 737. The van der Waals surface area contributed by atoms with Gasteiger partial charge >= 0.3 is 0 Å². The summed E-state index contributed by atoms with van der Waals surface area (Å²) in [6, 6.07) is 5.52. The first-order valence-electron chi connectivity index (χ1n) is 6.83. The van der Waals surface area contributed by atoms with Crippen LogP contribution in [0.5, 0.6) is 0 Å². The van der Waals surface area contributed by atoms with Crippen molar-refractivity contribution in [3.8, 4) is 0 Å². The van der Waals surface area contributed by atoms with E-state index in [-0.39, 0.29) is 17.7 Å². The summed E-state index contributed by atoms with van der Waals surface area (Å²) in [4.78, 5) is 21.9. The molecule has 2 aromatic rings. The van der Waals surface area contributed by atoms with Crippen molar-refractivity contribution in [2.75, 3.05) is 18.5 Å². The highest BCUT2D eigenvalue weighted by Crippen LogP contribution is 2.31. The van der Waals surface area contributed by atoms with Crippen LogP contribution in [0.3, 0.4) is 0 Å². The van der Waals surface area contributed by atoms with Gasteiger partial charge in [-0.3, -0.25) is 4.79 Å². The second kappa shape index (κ2) is 5.88.